The van der Waals surface area contributed by atoms with E-state index in [4.69, 9.17) is 0 Å². The quantitative estimate of drug-likeness (QED) is 0.643. The Bertz CT molecular complexity index is 189. The summed E-state index contributed by atoms with van der Waals surface area (Å²) in [4.78, 5) is 14.0. The number of hydrogen-bond acceptors (Lipinski definition) is 1. The van der Waals surface area contributed by atoms with Crippen molar-refractivity contribution in [1.82, 2.24) is 4.90 Å². The molecule has 1 saturated heterocycles. The number of hydrogen-bond donors (Lipinski definition) is 0. The second kappa shape index (κ2) is 4.12. The van der Waals surface area contributed by atoms with Gasteiger partial charge < -0.3 is 4.90 Å². The summed E-state index contributed by atoms with van der Waals surface area (Å²) in [5.41, 5.74) is 0. The molecule has 13 heavy (non-hydrogen) atoms. The third kappa shape index (κ3) is 2.23. The first-order valence-electron chi connectivity index (χ1n) is 5.34. The van der Waals surface area contributed by atoms with Gasteiger partial charge in [-0.2, -0.15) is 0 Å². The number of likely N-dealkylation sites (tertiary alicyclic amines) is 1. The molecule has 76 valence electrons. The predicted molar refractivity (Wildman–Crippen MR) is 54.4 cm³/mol. The topological polar surface area (TPSA) is 20.3 Å². The van der Waals surface area contributed by atoms with Crippen molar-refractivity contribution in [2.75, 3.05) is 6.54 Å². The van der Waals surface area contributed by atoms with E-state index in [9.17, 15) is 4.79 Å². The second-order valence-electron chi connectivity index (χ2n) is 4.56. The van der Waals surface area contributed by atoms with E-state index in [1.54, 1.807) is 0 Å². The van der Waals surface area contributed by atoms with E-state index in [-0.39, 0.29) is 5.92 Å². The highest BCUT2D eigenvalue weighted by Crippen LogP contribution is 2.21. The first kappa shape index (κ1) is 10.6. The van der Waals surface area contributed by atoms with E-state index in [2.05, 4.69) is 20.8 Å². The van der Waals surface area contributed by atoms with Gasteiger partial charge in [0.05, 0.1) is 0 Å². The lowest BCUT2D eigenvalue weighted by atomic mass is 9.96. The predicted octanol–water partition coefficient (Wildman–Crippen LogP) is 2.29. The zero-order valence-corrected chi connectivity index (χ0v) is 9.21. The molecule has 0 N–H and O–H groups in total. The normalized spacial score (nSPS) is 25.3. The van der Waals surface area contributed by atoms with Crippen LogP contribution in [0.3, 0.4) is 0 Å². The molecule has 2 atom stereocenters. The van der Waals surface area contributed by atoms with Gasteiger partial charge in [-0.15, -0.1) is 0 Å². The third-order valence-electron chi connectivity index (χ3n) is 3.23. The van der Waals surface area contributed by atoms with Crippen molar-refractivity contribution in [3.63, 3.8) is 0 Å². The zero-order valence-electron chi connectivity index (χ0n) is 9.21. The average molecular weight is 183 g/mol. The van der Waals surface area contributed by atoms with Gasteiger partial charge in [-0.05, 0) is 25.7 Å². The average Bonchev–Trinajstić information content (AvgIpc) is 2.48. The Morgan fingerprint density at radius 1 is 1.38 bits per heavy atom. The highest BCUT2D eigenvalue weighted by molar-refractivity contribution is 5.79. The summed E-state index contributed by atoms with van der Waals surface area (Å²) >= 11 is 0. The van der Waals surface area contributed by atoms with Gasteiger partial charge in [-0.3, -0.25) is 4.79 Å². The molecule has 2 nitrogen and oxygen atoms in total. The maximum Gasteiger partial charge on any atom is 0.225 e. The molecule has 1 aliphatic heterocycles. The Morgan fingerprint density at radius 3 is 2.38 bits per heavy atom. The van der Waals surface area contributed by atoms with Gasteiger partial charge >= 0.3 is 0 Å². The lowest BCUT2D eigenvalue weighted by Crippen LogP contribution is -2.38. The van der Waals surface area contributed by atoms with Gasteiger partial charge in [0.15, 0.2) is 0 Å². The zero-order chi connectivity index (χ0) is 10.0. The lowest BCUT2D eigenvalue weighted by Gasteiger charge is -2.26. The number of rotatable bonds is 2. The van der Waals surface area contributed by atoms with E-state index < -0.39 is 0 Å². The second-order valence-corrected chi connectivity index (χ2v) is 4.56. The molecule has 0 bridgehead atoms. The smallest absolute Gasteiger partial charge is 0.225 e. The third-order valence-corrected chi connectivity index (χ3v) is 3.23. The van der Waals surface area contributed by atoms with Crippen LogP contribution in [0.5, 0.6) is 0 Å². The Labute approximate surface area is 81.3 Å². The molecule has 2 heteroatoms. The fraction of sp³-hybridized carbons (Fsp3) is 0.909. The first-order valence-corrected chi connectivity index (χ1v) is 5.34. The molecule has 0 unspecified atom stereocenters. The summed E-state index contributed by atoms with van der Waals surface area (Å²) in [5.74, 6) is 0.987. The summed E-state index contributed by atoms with van der Waals surface area (Å²) < 4.78 is 0. The van der Waals surface area contributed by atoms with Crippen LogP contribution in [0.1, 0.15) is 40.5 Å². The molecular formula is C11H21NO. The van der Waals surface area contributed by atoms with E-state index >= 15 is 0 Å². The van der Waals surface area contributed by atoms with Crippen LogP contribution in [-0.4, -0.2) is 23.4 Å². The molecule has 0 aliphatic carbocycles. The molecular weight excluding hydrogens is 162 g/mol. The number of carbonyl (C=O) groups excluding carboxylic acids is 1. The van der Waals surface area contributed by atoms with Crippen molar-refractivity contribution in [2.24, 2.45) is 11.8 Å². The molecule has 0 aromatic rings. The van der Waals surface area contributed by atoms with Crippen LogP contribution in [0.25, 0.3) is 0 Å². The molecule has 0 saturated carbocycles. The molecule has 1 rings (SSSR count). The Kier molecular flexibility index (Phi) is 3.34. The van der Waals surface area contributed by atoms with E-state index in [1.165, 1.54) is 12.8 Å². The van der Waals surface area contributed by atoms with Crippen LogP contribution in [-0.2, 0) is 4.79 Å². The van der Waals surface area contributed by atoms with Crippen molar-refractivity contribution in [3.05, 3.63) is 0 Å². The van der Waals surface area contributed by atoms with Gasteiger partial charge in [0.2, 0.25) is 5.91 Å². The molecule has 0 aromatic heterocycles. The van der Waals surface area contributed by atoms with Crippen LogP contribution >= 0.6 is 0 Å². The summed E-state index contributed by atoms with van der Waals surface area (Å²) in [7, 11) is 0. The monoisotopic (exact) mass is 183 g/mol. The summed E-state index contributed by atoms with van der Waals surface area (Å²) in [6.45, 7) is 9.39. The van der Waals surface area contributed by atoms with E-state index in [0.717, 1.165) is 6.54 Å². The number of nitrogens with zero attached hydrogens (tertiary/aromatic N) is 1. The van der Waals surface area contributed by atoms with Crippen molar-refractivity contribution in [1.29, 1.82) is 0 Å². The van der Waals surface area contributed by atoms with Crippen LogP contribution in [0, 0.1) is 11.8 Å². The van der Waals surface area contributed by atoms with Crippen LogP contribution < -0.4 is 0 Å². The van der Waals surface area contributed by atoms with Crippen molar-refractivity contribution in [3.8, 4) is 0 Å². The summed E-state index contributed by atoms with van der Waals surface area (Å²) in [5, 5.41) is 0. The molecule has 1 aliphatic rings. The van der Waals surface area contributed by atoms with Crippen LogP contribution in [0.15, 0.2) is 0 Å². The van der Waals surface area contributed by atoms with Crippen molar-refractivity contribution in [2.45, 2.75) is 46.6 Å². The highest BCUT2D eigenvalue weighted by Gasteiger charge is 2.29. The Balaban J connectivity index is 2.56. The highest BCUT2D eigenvalue weighted by atomic mass is 16.2. The Hall–Kier alpha value is -0.530. The van der Waals surface area contributed by atoms with Gasteiger partial charge in [-0.1, -0.05) is 20.8 Å². The summed E-state index contributed by atoms with van der Waals surface area (Å²) in [6, 6.07) is 0.466. The fourth-order valence-electron chi connectivity index (χ4n) is 1.81. The maximum atomic E-state index is 11.9. The minimum Gasteiger partial charge on any atom is -0.340 e. The van der Waals surface area contributed by atoms with Gasteiger partial charge in [-0.25, -0.2) is 0 Å². The largest absolute Gasteiger partial charge is 0.340 e. The molecule has 1 fully saturated rings. The standard InChI is InChI=1S/C11H21NO/c1-8(2)10(4)11(13)12-7-5-6-9(12)3/h8-10H,5-7H2,1-4H3/t9-,10+/m1/s1. The molecule has 1 amide bonds. The Morgan fingerprint density at radius 2 is 2.00 bits per heavy atom. The number of amides is 1. The van der Waals surface area contributed by atoms with E-state index in [0.29, 0.717) is 17.9 Å². The first-order chi connectivity index (χ1) is 6.04. The van der Waals surface area contributed by atoms with Gasteiger partial charge in [0, 0.05) is 18.5 Å². The number of carbonyl (C=O) groups is 1. The van der Waals surface area contributed by atoms with Crippen molar-refractivity contribution >= 4 is 5.91 Å². The van der Waals surface area contributed by atoms with Crippen molar-refractivity contribution < 1.29 is 4.79 Å². The molecule has 0 aromatic carbocycles. The lowest BCUT2D eigenvalue weighted by molar-refractivity contribution is -0.136. The fourth-order valence-corrected chi connectivity index (χ4v) is 1.81. The van der Waals surface area contributed by atoms with Crippen LogP contribution in [0.4, 0.5) is 0 Å². The molecule has 0 spiro atoms. The SMILES string of the molecule is CC(C)[C@H](C)C(=O)N1CCC[C@H]1C. The minimum absolute atomic E-state index is 0.181. The van der Waals surface area contributed by atoms with Gasteiger partial charge in [0.1, 0.15) is 0 Å². The molecule has 1 heterocycles. The van der Waals surface area contributed by atoms with Crippen LogP contribution in [0.2, 0.25) is 0 Å². The summed E-state index contributed by atoms with van der Waals surface area (Å²) in [6.07, 6.45) is 2.36. The van der Waals surface area contributed by atoms with E-state index in [1.807, 2.05) is 11.8 Å². The minimum atomic E-state index is 0.181. The van der Waals surface area contributed by atoms with Gasteiger partial charge in [0.25, 0.3) is 0 Å². The maximum absolute atomic E-state index is 11.9. The molecule has 0 radical (unpaired) electrons.